The molecule has 2 aliphatic rings. The van der Waals surface area contributed by atoms with Crippen LogP contribution in [0.15, 0.2) is 23.1 Å². The van der Waals surface area contributed by atoms with Gasteiger partial charge in [-0.25, -0.2) is 12.8 Å². The largest absolute Gasteiger partial charge is 0.348 e. The zero-order valence-corrected chi connectivity index (χ0v) is 13.9. The van der Waals surface area contributed by atoms with Crippen molar-refractivity contribution in [1.82, 2.24) is 10.2 Å². The molecule has 2 aliphatic heterocycles. The molecule has 1 aromatic rings. The van der Waals surface area contributed by atoms with Gasteiger partial charge in [0.05, 0.1) is 10.5 Å². The van der Waals surface area contributed by atoms with Crippen molar-refractivity contribution in [2.24, 2.45) is 0 Å². The number of sulfone groups is 1. The summed E-state index contributed by atoms with van der Waals surface area (Å²) in [4.78, 5) is 14.7. The summed E-state index contributed by atoms with van der Waals surface area (Å²) in [7, 11) is -3.48. The molecule has 1 aromatic carbocycles. The molecule has 0 aliphatic carbocycles. The lowest BCUT2D eigenvalue weighted by atomic mass is 9.99. The third-order valence-electron chi connectivity index (χ3n) is 4.78. The molecule has 2 fully saturated rings. The number of piperidine rings is 1. The molecule has 0 unspecified atom stereocenters. The number of carbonyl (C=O) groups excluding carboxylic acids is 1. The van der Waals surface area contributed by atoms with Gasteiger partial charge < -0.3 is 5.32 Å². The molecular formula is C16H21FN2O3S. The van der Waals surface area contributed by atoms with E-state index in [4.69, 9.17) is 0 Å². The number of carbonyl (C=O) groups is 1. The standard InChI is InChI=1S/C16H21FN2O3S/c1-23(21,22)11-5-6-13(17)12(10-11)16(20)18-14-7-9-19-8-3-2-4-15(14)19/h5-6,10,14-15H,2-4,7-9H2,1H3,(H,18,20)/t14-,15-/m0/s1. The summed E-state index contributed by atoms with van der Waals surface area (Å²) in [5.74, 6) is -1.24. The number of amides is 1. The van der Waals surface area contributed by atoms with Gasteiger partial charge in [-0.2, -0.15) is 0 Å². The van der Waals surface area contributed by atoms with Gasteiger partial charge in [0.15, 0.2) is 9.84 Å². The fourth-order valence-corrected chi connectivity index (χ4v) is 4.22. The van der Waals surface area contributed by atoms with Gasteiger partial charge >= 0.3 is 0 Å². The highest BCUT2D eigenvalue weighted by Gasteiger charge is 2.36. The number of rotatable bonds is 3. The molecule has 0 saturated carbocycles. The molecule has 0 spiro atoms. The van der Waals surface area contributed by atoms with E-state index in [9.17, 15) is 17.6 Å². The molecule has 2 atom stereocenters. The van der Waals surface area contributed by atoms with Crippen LogP contribution in [0.1, 0.15) is 36.0 Å². The van der Waals surface area contributed by atoms with E-state index in [-0.39, 0.29) is 16.5 Å². The highest BCUT2D eigenvalue weighted by atomic mass is 32.2. The predicted octanol–water partition coefficient (Wildman–Crippen LogP) is 1.59. The monoisotopic (exact) mass is 340 g/mol. The summed E-state index contributed by atoms with van der Waals surface area (Å²) < 4.78 is 37.1. The second-order valence-corrected chi connectivity index (χ2v) is 8.40. The zero-order valence-electron chi connectivity index (χ0n) is 13.1. The maximum absolute atomic E-state index is 13.9. The van der Waals surface area contributed by atoms with E-state index in [0.717, 1.165) is 50.7 Å². The average molecular weight is 340 g/mol. The molecule has 23 heavy (non-hydrogen) atoms. The Bertz CT molecular complexity index is 720. The van der Waals surface area contributed by atoms with Gasteiger partial charge in [0.1, 0.15) is 5.82 Å². The van der Waals surface area contributed by atoms with Crippen LogP contribution in [-0.2, 0) is 9.84 Å². The van der Waals surface area contributed by atoms with E-state index in [1.165, 1.54) is 12.5 Å². The summed E-state index contributed by atoms with van der Waals surface area (Å²) in [6.07, 6.45) is 5.26. The average Bonchev–Trinajstić information content (AvgIpc) is 2.90. The van der Waals surface area contributed by atoms with E-state index in [1.807, 2.05) is 0 Å². The lowest BCUT2D eigenvalue weighted by Gasteiger charge is -2.32. The van der Waals surface area contributed by atoms with Gasteiger partial charge in [-0.1, -0.05) is 6.42 Å². The summed E-state index contributed by atoms with van der Waals surface area (Å²) in [6.45, 7) is 2.00. The van der Waals surface area contributed by atoms with Crippen molar-refractivity contribution in [3.05, 3.63) is 29.6 Å². The second-order valence-electron chi connectivity index (χ2n) is 6.38. The maximum Gasteiger partial charge on any atom is 0.254 e. The summed E-state index contributed by atoms with van der Waals surface area (Å²) in [5, 5.41) is 2.90. The van der Waals surface area contributed by atoms with Gasteiger partial charge in [-0.3, -0.25) is 9.69 Å². The molecule has 7 heteroatoms. The van der Waals surface area contributed by atoms with Crippen LogP contribution < -0.4 is 5.32 Å². The normalized spacial score (nSPS) is 25.1. The quantitative estimate of drug-likeness (QED) is 0.849. The van der Waals surface area contributed by atoms with E-state index < -0.39 is 21.6 Å². The Morgan fingerprint density at radius 3 is 2.78 bits per heavy atom. The van der Waals surface area contributed by atoms with Crippen LogP contribution in [0.3, 0.4) is 0 Å². The molecule has 1 N–H and O–H groups in total. The number of hydrogen-bond donors (Lipinski definition) is 1. The highest BCUT2D eigenvalue weighted by molar-refractivity contribution is 7.90. The van der Waals surface area contributed by atoms with Crippen molar-refractivity contribution in [3.63, 3.8) is 0 Å². The molecular weight excluding hydrogens is 319 g/mol. The number of hydrogen-bond acceptors (Lipinski definition) is 4. The fraction of sp³-hybridized carbons (Fsp3) is 0.562. The Hall–Kier alpha value is -1.47. The Kier molecular flexibility index (Phi) is 4.42. The van der Waals surface area contributed by atoms with E-state index in [2.05, 4.69) is 10.2 Å². The Morgan fingerprint density at radius 2 is 2.04 bits per heavy atom. The Morgan fingerprint density at radius 1 is 1.26 bits per heavy atom. The van der Waals surface area contributed by atoms with Gasteiger partial charge in [-0.05, 0) is 44.0 Å². The third kappa shape index (κ3) is 3.40. The zero-order chi connectivity index (χ0) is 16.6. The SMILES string of the molecule is CS(=O)(=O)c1ccc(F)c(C(=O)N[C@H]2CCN3CCCC[C@@H]23)c1. The van der Waals surface area contributed by atoms with Crippen molar-refractivity contribution in [3.8, 4) is 0 Å². The second kappa shape index (κ2) is 6.20. The van der Waals surface area contributed by atoms with Crippen molar-refractivity contribution in [1.29, 1.82) is 0 Å². The van der Waals surface area contributed by atoms with Gasteiger partial charge in [-0.15, -0.1) is 0 Å². The summed E-state index contributed by atoms with van der Waals surface area (Å²) >= 11 is 0. The maximum atomic E-state index is 13.9. The van der Waals surface area contributed by atoms with Crippen LogP contribution in [-0.4, -0.2) is 50.7 Å². The van der Waals surface area contributed by atoms with Gasteiger partial charge in [0, 0.05) is 24.9 Å². The van der Waals surface area contributed by atoms with Crippen molar-refractivity contribution < 1.29 is 17.6 Å². The first-order valence-corrected chi connectivity index (χ1v) is 9.80. The van der Waals surface area contributed by atoms with Gasteiger partial charge in [0.2, 0.25) is 0 Å². The topological polar surface area (TPSA) is 66.5 Å². The number of fused-ring (bicyclic) bond motifs is 1. The number of benzene rings is 1. The number of nitrogens with one attached hydrogen (secondary N) is 1. The molecule has 0 bridgehead atoms. The molecule has 2 heterocycles. The molecule has 0 radical (unpaired) electrons. The Labute approximate surface area is 135 Å². The smallest absolute Gasteiger partial charge is 0.254 e. The number of halogens is 1. The van der Waals surface area contributed by atoms with E-state index >= 15 is 0 Å². The van der Waals surface area contributed by atoms with Crippen LogP contribution in [0.5, 0.6) is 0 Å². The minimum Gasteiger partial charge on any atom is -0.348 e. The van der Waals surface area contributed by atoms with Crippen LogP contribution in [0.25, 0.3) is 0 Å². The molecule has 2 saturated heterocycles. The number of nitrogens with zero attached hydrogens (tertiary/aromatic N) is 1. The molecule has 5 nitrogen and oxygen atoms in total. The van der Waals surface area contributed by atoms with Crippen molar-refractivity contribution >= 4 is 15.7 Å². The molecule has 0 aromatic heterocycles. The molecule has 3 rings (SSSR count). The minimum absolute atomic E-state index is 0.00379. The van der Waals surface area contributed by atoms with Crippen molar-refractivity contribution in [2.45, 2.75) is 42.7 Å². The van der Waals surface area contributed by atoms with E-state index in [1.54, 1.807) is 0 Å². The third-order valence-corrected chi connectivity index (χ3v) is 5.89. The van der Waals surface area contributed by atoms with Gasteiger partial charge in [0.25, 0.3) is 5.91 Å². The Balaban J connectivity index is 1.78. The first-order valence-electron chi connectivity index (χ1n) is 7.91. The van der Waals surface area contributed by atoms with E-state index in [0.29, 0.717) is 6.04 Å². The van der Waals surface area contributed by atoms with Crippen LogP contribution >= 0.6 is 0 Å². The highest BCUT2D eigenvalue weighted by Crippen LogP contribution is 2.27. The summed E-state index contributed by atoms with van der Waals surface area (Å²) in [5.41, 5.74) is -0.206. The lowest BCUT2D eigenvalue weighted by Crippen LogP contribution is -2.46. The van der Waals surface area contributed by atoms with Crippen LogP contribution in [0.2, 0.25) is 0 Å². The molecule has 126 valence electrons. The predicted molar refractivity (Wildman–Crippen MR) is 84.6 cm³/mol. The fourth-order valence-electron chi connectivity index (χ4n) is 3.57. The van der Waals surface area contributed by atoms with Crippen molar-refractivity contribution in [2.75, 3.05) is 19.3 Å². The summed E-state index contributed by atoms with van der Waals surface area (Å²) in [6, 6.07) is 3.65. The van der Waals surface area contributed by atoms with Crippen LogP contribution in [0.4, 0.5) is 4.39 Å². The first-order chi connectivity index (χ1) is 10.9. The first kappa shape index (κ1) is 16.4. The lowest BCUT2D eigenvalue weighted by molar-refractivity contribution is 0.0911. The minimum atomic E-state index is -3.48. The molecule has 1 amide bonds. The van der Waals surface area contributed by atoms with Crippen LogP contribution in [0, 0.1) is 5.82 Å².